The van der Waals surface area contributed by atoms with Crippen LogP contribution in [0, 0.1) is 0 Å². The highest BCUT2D eigenvalue weighted by atomic mass is 15.1. The number of rotatable bonds is 0. The Morgan fingerprint density at radius 2 is 2.62 bits per heavy atom. The Morgan fingerprint density at radius 3 is 3.00 bits per heavy atom. The molecule has 1 heterocycles. The van der Waals surface area contributed by atoms with Gasteiger partial charge >= 0.3 is 0 Å². The molecule has 0 bridgehead atoms. The van der Waals surface area contributed by atoms with Crippen LogP contribution in [-0.2, 0) is 0 Å². The molecule has 1 unspecified atom stereocenters. The maximum Gasteiger partial charge on any atom is 0.215 e. The van der Waals surface area contributed by atoms with Gasteiger partial charge in [0.15, 0.2) is 0 Å². The SMILES string of the molecule is CC1CC=NC(N)=N1. The third-order valence-electron chi connectivity index (χ3n) is 1.02. The zero-order chi connectivity index (χ0) is 5.98. The minimum Gasteiger partial charge on any atom is -0.368 e. The summed E-state index contributed by atoms with van der Waals surface area (Å²) in [6, 6.07) is 0.326. The molecule has 0 aliphatic carbocycles. The molecule has 8 heavy (non-hydrogen) atoms. The maximum atomic E-state index is 5.28. The Balaban J connectivity index is 2.63. The van der Waals surface area contributed by atoms with Crippen LogP contribution >= 0.6 is 0 Å². The number of nitrogens with two attached hydrogens (primary N) is 1. The van der Waals surface area contributed by atoms with Crippen molar-refractivity contribution in [3.05, 3.63) is 0 Å². The third kappa shape index (κ3) is 1.05. The molecule has 0 saturated carbocycles. The number of nitrogens with zero attached hydrogens (tertiary/aromatic N) is 2. The van der Waals surface area contributed by atoms with Gasteiger partial charge in [0.25, 0.3) is 0 Å². The van der Waals surface area contributed by atoms with Crippen molar-refractivity contribution >= 4 is 12.2 Å². The molecule has 1 atom stereocenters. The molecule has 0 aromatic rings. The molecule has 3 heteroatoms. The quantitative estimate of drug-likeness (QED) is 0.475. The highest BCUT2D eigenvalue weighted by molar-refractivity contribution is 5.88. The molecule has 44 valence electrons. The number of hydrogen-bond acceptors (Lipinski definition) is 3. The van der Waals surface area contributed by atoms with E-state index in [2.05, 4.69) is 9.98 Å². The van der Waals surface area contributed by atoms with Gasteiger partial charge in [-0.1, -0.05) is 0 Å². The van der Waals surface area contributed by atoms with Gasteiger partial charge in [-0.05, 0) is 6.92 Å². The molecule has 1 rings (SSSR count). The van der Waals surface area contributed by atoms with E-state index < -0.39 is 0 Å². The van der Waals surface area contributed by atoms with Crippen molar-refractivity contribution in [1.29, 1.82) is 0 Å². The fourth-order valence-corrected chi connectivity index (χ4v) is 0.611. The first-order chi connectivity index (χ1) is 3.79. The molecular weight excluding hydrogens is 102 g/mol. The van der Waals surface area contributed by atoms with Crippen LogP contribution in [0.3, 0.4) is 0 Å². The van der Waals surface area contributed by atoms with E-state index in [-0.39, 0.29) is 0 Å². The predicted molar refractivity (Wildman–Crippen MR) is 34.2 cm³/mol. The number of hydrogen-bond donors (Lipinski definition) is 1. The summed E-state index contributed by atoms with van der Waals surface area (Å²) >= 11 is 0. The van der Waals surface area contributed by atoms with E-state index in [0.717, 1.165) is 6.42 Å². The first-order valence-corrected chi connectivity index (χ1v) is 2.65. The van der Waals surface area contributed by atoms with E-state index in [1.807, 2.05) is 6.92 Å². The minimum atomic E-state index is 0.326. The van der Waals surface area contributed by atoms with Crippen LogP contribution in [0.4, 0.5) is 0 Å². The van der Waals surface area contributed by atoms with Crippen molar-refractivity contribution < 1.29 is 0 Å². The zero-order valence-electron chi connectivity index (χ0n) is 4.83. The minimum absolute atomic E-state index is 0.326. The lowest BCUT2D eigenvalue weighted by Gasteiger charge is -2.05. The first kappa shape index (κ1) is 5.28. The van der Waals surface area contributed by atoms with Crippen LogP contribution in [-0.4, -0.2) is 18.2 Å². The van der Waals surface area contributed by atoms with Gasteiger partial charge in [0.05, 0.1) is 6.04 Å². The molecule has 0 aromatic carbocycles. The number of aliphatic imine (C=N–C) groups is 2. The summed E-state index contributed by atoms with van der Waals surface area (Å²) in [6.45, 7) is 2.01. The van der Waals surface area contributed by atoms with Crippen molar-refractivity contribution in [1.82, 2.24) is 0 Å². The van der Waals surface area contributed by atoms with Gasteiger partial charge in [0.1, 0.15) is 0 Å². The Hall–Kier alpha value is -0.860. The molecule has 3 nitrogen and oxygen atoms in total. The van der Waals surface area contributed by atoms with E-state index in [4.69, 9.17) is 5.73 Å². The first-order valence-electron chi connectivity index (χ1n) is 2.65. The van der Waals surface area contributed by atoms with Crippen molar-refractivity contribution in [2.24, 2.45) is 15.7 Å². The standard InChI is InChI=1S/C5H9N3/c1-4-2-3-7-5(6)8-4/h3-4H,2H2,1H3,(H2,6,8). The van der Waals surface area contributed by atoms with Crippen LogP contribution in [0.1, 0.15) is 13.3 Å². The Bertz CT molecular complexity index is 137. The van der Waals surface area contributed by atoms with Crippen LogP contribution < -0.4 is 5.73 Å². The summed E-state index contributed by atoms with van der Waals surface area (Å²) in [6.07, 6.45) is 2.72. The van der Waals surface area contributed by atoms with Crippen LogP contribution in [0.2, 0.25) is 0 Å². The van der Waals surface area contributed by atoms with Crippen molar-refractivity contribution in [2.75, 3.05) is 0 Å². The second-order valence-electron chi connectivity index (χ2n) is 1.88. The Labute approximate surface area is 48.3 Å². The molecule has 1 aliphatic heterocycles. The average molecular weight is 111 g/mol. The van der Waals surface area contributed by atoms with E-state index in [0.29, 0.717) is 12.0 Å². The second-order valence-corrected chi connectivity index (χ2v) is 1.88. The second kappa shape index (κ2) is 1.94. The van der Waals surface area contributed by atoms with Crippen LogP contribution in [0.5, 0.6) is 0 Å². The van der Waals surface area contributed by atoms with Gasteiger partial charge in [-0.25, -0.2) is 9.98 Å². The average Bonchev–Trinajstić information content (AvgIpc) is 1.64. The zero-order valence-corrected chi connectivity index (χ0v) is 4.83. The predicted octanol–water partition coefficient (Wildman–Crippen LogP) is 0.164. The lowest BCUT2D eigenvalue weighted by atomic mass is 10.2. The maximum absolute atomic E-state index is 5.28. The van der Waals surface area contributed by atoms with Crippen LogP contribution in [0.25, 0.3) is 0 Å². The van der Waals surface area contributed by atoms with Gasteiger partial charge < -0.3 is 5.73 Å². The highest BCUT2D eigenvalue weighted by Crippen LogP contribution is 1.97. The third-order valence-corrected chi connectivity index (χ3v) is 1.02. The lowest BCUT2D eigenvalue weighted by Crippen LogP contribution is -2.17. The molecule has 2 N–H and O–H groups in total. The Kier molecular flexibility index (Phi) is 1.28. The molecule has 0 fully saturated rings. The van der Waals surface area contributed by atoms with Crippen molar-refractivity contribution in [2.45, 2.75) is 19.4 Å². The van der Waals surface area contributed by atoms with E-state index in [1.54, 1.807) is 6.21 Å². The summed E-state index contributed by atoms with van der Waals surface area (Å²) in [4.78, 5) is 7.76. The highest BCUT2D eigenvalue weighted by Gasteiger charge is 2.01. The normalized spacial score (nSPS) is 27.6. The lowest BCUT2D eigenvalue weighted by molar-refractivity contribution is 0.775. The largest absolute Gasteiger partial charge is 0.368 e. The molecular formula is C5H9N3. The monoisotopic (exact) mass is 111 g/mol. The van der Waals surface area contributed by atoms with Gasteiger partial charge in [0, 0.05) is 12.6 Å². The summed E-state index contributed by atoms with van der Waals surface area (Å²) in [5.41, 5.74) is 5.28. The van der Waals surface area contributed by atoms with Gasteiger partial charge in [-0.15, -0.1) is 0 Å². The van der Waals surface area contributed by atoms with Gasteiger partial charge in [-0.3, -0.25) is 0 Å². The fourth-order valence-electron chi connectivity index (χ4n) is 0.611. The van der Waals surface area contributed by atoms with Crippen molar-refractivity contribution in [3.63, 3.8) is 0 Å². The van der Waals surface area contributed by atoms with Gasteiger partial charge in [-0.2, -0.15) is 0 Å². The summed E-state index contributed by atoms with van der Waals surface area (Å²) in [7, 11) is 0. The fraction of sp³-hybridized carbons (Fsp3) is 0.600. The molecule has 0 aromatic heterocycles. The summed E-state index contributed by atoms with van der Waals surface area (Å²) in [5.74, 6) is 0.406. The summed E-state index contributed by atoms with van der Waals surface area (Å²) in [5, 5.41) is 0. The smallest absolute Gasteiger partial charge is 0.215 e. The Morgan fingerprint density at radius 1 is 1.88 bits per heavy atom. The molecule has 0 amide bonds. The van der Waals surface area contributed by atoms with Gasteiger partial charge in [0.2, 0.25) is 5.96 Å². The molecule has 1 aliphatic rings. The van der Waals surface area contributed by atoms with E-state index >= 15 is 0 Å². The van der Waals surface area contributed by atoms with E-state index in [1.165, 1.54) is 0 Å². The van der Waals surface area contributed by atoms with Crippen LogP contribution in [0.15, 0.2) is 9.98 Å². The molecule has 0 saturated heterocycles. The molecule has 0 spiro atoms. The van der Waals surface area contributed by atoms with Crippen molar-refractivity contribution in [3.8, 4) is 0 Å². The van der Waals surface area contributed by atoms with E-state index in [9.17, 15) is 0 Å². The summed E-state index contributed by atoms with van der Waals surface area (Å²) < 4.78 is 0. The molecule has 0 radical (unpaired) electrons. The number of guanidine groups is 1. The topological polar surface area (TPSA) is 50.7 Å².